The van der Waals surface area contributed by atoms with Crippen LogP contribution in [0.3, 0.4) is 0 Å². The third-order valence-electron chi connectivity index (χ3n) is 6.43. The lowest BCUT2D eigenvalue weighted by molar-refractivity contribution is -0.138. The maximum atomic E-state index is 13.3. The van der Waals surface area contributed by atoms with Crippen molar-refractivity contribution in [2.24, 2.45) is 0 Å². The molecule has 7 heteroatoms. The lowest BCUT2D eigenvalue weighted by Crippen LogP contribution is -2.48. The average Bonchev–Trinajstić information content (AvgIpc) is 3.10. The molecule has 0 radical (unpaired) electrons. The van der Waals surface area contributed by atoms with Crippen LogP contribution in [0.4, 0.5) is 0 Å². The van der Waals surface area contributed by atoms with Gasteiger partial charge >= 0.3 is 0 Å². The van der Waals surface area contributed by atoms with Crippen molar-refractivity contribution in [1.82, 2.24) is 19.4 Å². The smallest absolute Gasteiger partial charge is 0.243 e. The summed E-state index contributed by atoms with van der Waals surface area (Å²) in [4.78, 5) is 34.7. The summed E-state index contributed by atoms with van der Waals surface area (Å²) in [6.07, 6.45) is 6.70. The molecule has 2 aliphatic rings. The van der Waals surface area contributed by atoms with Crippen LogP contribution in [0.5, 0.6) is 0 Å². The first-order valence-corrected chi connectivity index (χ1v) is 12.2. The second-order valence-electron chi connectivity index (χ2n) is 8.63. The molecule has 0 spiro atoms. The van der Waals surface area contributed by atoms with Gasteiger partial charge in [-0.3, -0.25) is 9.59 Å². The van der Waals surface area contributed by atoms with Crippen LogP contribution in [-0.2, 0) is 16.1 Å². The summed E-state index contributed by atoms with van der Waals surface area (Å²) < 4.78 is 2.00. The van der Waals surface area contributed by atoms with E-state index in [1.807, 2.05) is 38.6 Å². The van der Waals surface area contributed by atoms with E-state index in [9.17, 15) is 9.59 Å². The molecule has 6 nitrogen and oxygen atoms in total. The van der Waals surface area contributed by atoms with Gasteiger partial charge in [-0.25, -0.2) is 4.98 Å². The highest BCUT2D eigenvalue weighted by Gasteiger charge is 2.30. The van der Waals surface area contributed by atoms with Gasteiger partial charge in [0.05, 0.1) is 16.8 Å². The zero-order chi connectivity index (χ0) is 21.1. The van der Waals surface area contributed by atoms with E-state index in [1.165, 1.54) is 24.6 Å². The fourth-order valence-corrected chi connectivity index (χ4v) is 5.72. The van der Waals surface area contributed by atoms with Crippen LogP contribution in [0.2, 0.25) is 0 Å². The molecule has 0 bridgehead atoms. The molecule has 2 atom stereocenters. The number of aromatic nitrogens is 2. The Morgan fingerprint density at radius 3 is 2.43 bits per heavy atom. The minimum absolute atomic E-state index is 0.141. The van der Waals surface area contributed by atoms with Crippen LogP contribution < -0.4 is 0 Å². The van der Waals surface area contributed by atoms with Gasteiger partial charge in [-0.15, -0.1) is 0 Å². The van der Waals surface area contributed by atoms with Crippen molar-refractivity contribution < 1.29 is 9.59 Å². The highest BCUT2D eigenvalue weighted by Crippen LogP contribution is 2.27. The third-order valence-corrected chi connectivity index (χ3v) is 7.39. The quantitative estimate of drug-likeness (QED) is 0.677. The standard InChI is InChI=1S/C23H32N4O2S/c1-17-9-8-10-18(2)27(17)21(28)15-26-20-12-5-4-11-19(20)24-23(26)30-16-22(29)25-13-6-3-7-14-25/h4-5,11-12,17-18H,3,6-10,13-16H2,1-2H3/t17-,18+. The maximum absolute atomic E-state index is 13.3. The van der Waals surface area contributed by atoms with E-state index in [1.54, 1.807) is 0 Å². The van der Waals surface area contributed by atoms with E-state index < -0.39 is 0 Å². The van der Waals surface area contributed by atoms with Crippen molar-refractivity contribution in [3.8, 4) is 0 Å². The highest BCUT2D eigenvalue weighted by atomic mass is 32.2. The van der Waals surface area contributed by atoms with Crippen LogP contribution in [-0.4, -0.2) is 62.1 Å². The molecule has 162 valence electrons. The number of fused-ring (bicyclic) bond motifs is 1. The normalized spacial score (nSPS) is 22.5. The number of amides is 2. The van der Waals surface area contributed by atoms with E-state index in [0.29, 0.717) is 5.75 Å². The molecule has 2 amide bonds. The predicted molar refractivity (Wildman–Crippen MR) is 121 cm³/mol. The summed E-state index contributed by atoms with van der Waals surface area (Å²) in [5, 5.41) is 0.757. The van der Waals surface area contributed by atoms with Crippen LogP contribution in [0.15, 0.2) is 29.4 Å². The molecule has 2 aliphatic heterocycles. The first-order valence-electron chi connectivity index (χ1n) is 11.2. The van der Waals surface area contributed by atoms with Gasteiger partial charge in [0, 0.05) is 25.2 Å². The number of carbonyl (C=O) groups excluding carboxylic acids is 2. The molecule has 2 saturated heterocycles. The molecule has 0 saturated carbocycles. The number of benzene rings is 1. The molecule has 3 heterocycles. The number of hydrogen-bond donors (Lipinski definition) is 0. The van der Waals surface area contributed by atoms with Crippen LogP contribution in [0, 0.1) is 0 Å². The first-order chi connectivity index (χ1) is 14.5. The molecule has 2 aromatic rings. The summed E-state index contributed by atoms with van der Waals surface area (Å²) >= 11 is 1.45. The first kappa shape index (κ1) is 21.2. The number of imidazole rings is 1. The zero-order valence-electron chi connectivity index (χ0n) is 18.0. The second-order valence-corrected chi connectivity index (χ2v) is 9.57. The van der Waals surface area contributed by atoms with Crippen molar-refractivity contribution in [1.29, 1.82) is 0 Å². The van der Waals surface area contributed by atoms with Gasteiger partial charge in [-0.05, 0) is 64.5 Å². The number of hydrogen-bond acceptors (Lipinski definition) is 4. The average molecular weight is 429 g/mol. The summed E-state index contributed by atoms with van der Waals surface area (Å²) in [7, 11) is 0. The highest BCUT2D eigenvalue weighted by molar-refractivity contribution is 7.99. The van der Waals surface area contributed by atoms with Gasteiger partial charge in [-0.2, -0.15) is 0 Å². The summed E-state index contributed by atoms with van der Waals surface area (Å²) in [6, 6.07) is 8.46. The molecule has 4 rings (SSSR count). The Balaban J connectivity index is 1.53. The fraction of sp³-hybridized carbons (Fsp3) is 0.609. The number of likely N-dealkylation sites (tertiary alicyclic amines) is 2. The summed E-state index contributed by atoms with van der Waals surface area (Å²) in [5.74, 6) is 0.679. The van der Waals surface area contributed by atoms with Crippen LogP contribution in [0.1, 0.15) is 52.4 Å². The summed E-state index contributed by atoms with van der Waals surface area (Å²) in [5.41, 5.74) is 1.83. The lowest BCUT2D eigenvalue weighted by Gasteiger charge is -2.39. The topological polar surface area (TPSA) is 58.4 Å². The molecule has 2 fully saturated rings. The Morgan fingerprint density at radius 2 is 1.70 bits per heavy atom. The Bertz CT molecular complexity index is 896. The zero-order valence-corrected chi connectivity index (χ0v) is 18.9. The maximum Gasteiger partial charge on any atom is 0.243 e. The summed E-state index contributed by atoms with van der Waals surface area (Å²) in [6.45, 7) is 6.28. The molecule has 0 N–H and O–H groups in total. The van der Waals surface area contributed by atoms with Crippen molar-refractivity contribution in [3.05, 3.63) is 24.3 Å². The van der Waals surface area contributed by atoms with Gasteiger partial charge in [0.25, 0.3) is 0 Å². The SMILES string of the molecule is C[C@@H]1CCC[C@H](C)N1C(=O)Cn1c(SCC(=O)N2CCCCC2)nc2ccccc21. The van der Waals surface area contributed by atoms with Crippen molar-refractivity contribution in [2.45, 2.75) is 76.2 Å². The molecule has 0 unspecified atom stereocenters. The largest absolute Gasteiger partial charge is 0.342 e. The second kappa shape index (κ2) is 9.41. The van der Waals surface area contributed by atoms with Crippen LogP contribution in [0.25, 0.3) is 11.0 Å². The van der Waals surface area contributed by atoms with Crippen LogP contribution >= 0.6 is 11.8 Å². The molecular weight excluding hydrogens is 396 g/mol. The van der Waals surface area contributed by atoms with Gasteiger partial charge in [-0.1, -0.05) is 23.9 Å². The van der Waals surface area contributed by atoms with E-state index in [4.69, 9.17) is 4.98 Å². The van der Waals surface area contributed by atoms with E-state index >= 15 is 0 Å². The van der Waals surface area contributed by atoms with Crippen molar-refractivity contribution >= 4 is 34.6 Å². The minimum atomic E-state index is 0.141. The monoisotopic (exact) mass is 428 g/mol. The van der Waals surface area contributed by atoms with E-state index in [0.717, 1.165) is 55.0 Å². The van der Waals surface area contributed by atoms with Crippen molar-refractivity contribution in [2.75, 3.05) is 18.8 Å². The number of carbonyl (C=O) groups is 2. The molecular formula is C23H32N4O2S. The predicted octanol–water partition coefficient (Wildman–Crippen LogP) is 3.93. The van der Waals surface area contributed by atoms with Gasteiger partial charge < -0.3 is 14.4 Å². The Morgan fingerprint density at radius 1 is 1.00 bits per heavy atom. The number of piperidine rings is 2. The van der Waals surface area contributed by atoms with E-state index in [2.05, 4.69) is 13.8 Å². The number of para-hydroxylation sites is 2. The number of thioether (sulfide) groups is 1. The molecule has 1 aromatic heterocycles. The minimum Gasteiger partial charge on any atom is -0.342 e. The van der Waals surface area contributed by atoms with Gasteiger partial charge in [0.2, 0.25) is 11.8 Å². The van der Waals surface area contributed by atoms with Crippen molar-refractivity contribution in [3.63, 3.8) is 0 Å². The molecule has 30 heavy (non-hydrogen) atoms. The fourth-order valence-electron chi connectivity index (χ4n) is 4.81. The number of rotatable bonds is 5. The Labute approximate surface area is 183 Å². The molecule has 1 aromatic carbocycles. The molecule has 0 aliphatic carbocycles. The van der Waals surface area contributed by atoms with Gasteiger partial charge in [0.15, 0.2) is 5.16 Å². The Hall–Kier alpha value is -2.02. The third kappa shape index (κ3) is 4.51. The Kier molecular flexibility index (Phi) is 6.66. The number of nitrogens with zero attached hydrogens (tertiary/aromatic N) is 4. The van der Waals surface area contributed by atoms with Gasteiger partial charge in [0.1, 0.15) is 6.54 Å². The van der Waals surface area contributed by atoms with E-state index in [-0.39, 0.29) is 30.4 Å². The lowest BCUT2D eigenvalue weighted by atomic mass is 9.97.